The minimum absolute atomic E-state index is 0.154. The molecule has 0 aliphatic rings. The lowest BCUT2D eigenvalue weighted by molar-refractivity contribution is -0.138. The Morgan fingerprint density at radius 3 is 2.23 bits per heavy atom. The summed E-state index contributed by atoms with van der Waals surface area (Å²) in [5.41, 5.74) is -0.485. The Hall–Kier alpha value is -2.16. The van der Waals surface area contributed by atoms with Gasteiger partial charge in [0.15, 0.2) is 11.6 Å². The second kappa shape index (κ2) is 5.56. The van der Waals surface area contributed by atoms with Gasteiger partial charge in [0.25, 0.3) is 10.0 Å². The number of hydrogen-bond acceptors (Lipinski definition) is 3. The average molecular weight is 334 g/mol. The number of benzene rings is 1. The third kappa shape index (κ3) is 3.53. The van der Waals surface area contributed by atoms with Crippen molar-refractivity contribution in [1.29, 1.82) is 0 Å². The molecule has 9 heteroatoms. The lowest BCUT2D eigenvalue weighted by Gasteiger charge is -2.10. The molecule has 4 nitrogen and oxygen atoms in total. The summed E-state index contributed by atoms with van der Waals surface area (Å²) in [4.78, 5) is 3.03. The van der Waals surface area contributed by atoms with Crippen LogP contribution in [0.3, 0.4) is 0 Å². The standard InChI is InChI=1S/C13H10F4N2O2S/c1-8-2-4-10(5-3-8)22(20,21)19-12-11(14)6-9(7-18-12)13(15,16)17/h2-7H,1H3,(H,18,19). The van der Waals surface area contributed by atoms with Gasteiger partial charge in [0.2, 0.25) is 0 Å². The summed E-state index contributed by atoms with van der Waals surface area (Å²) in [5, 5.41) is 0. The van der Waals surface area contributed by atoms with Gasteiger partial charge in [-0.1, -0.05) is 17.7 Å². The lowest BCUT2D eigenvalue weighted by atomic mass is 10.2. The molecule has 0 aliphatic heterocycles. The molecule has 0 spiro atoms. The third-order valence-corrected chi connectivity index (χ3v) is 4.09. The zero-order valence-electron chi connectivity index (χ0n) is 11.1. The second-order valence-corrected chi connectivity index (χ2v) is 6.15. The largest absolute Gasteiger partial charge is 0.417 e. The van der Waals surface area contributed by atoms with E-state index in [2.05, 4.69) is 4.98 Å². The van der Waals surface area contributed by atoms with Gasteiger partial charge in [-0.25, -0.2) is 17.8 Å². The first-order valence-electron chi connectivity index (χ1n) is 5.92. The number of alkyl halides is 3. The van der Waals surface area contributed by atoms with E-state index in [1.807, 2.05) is 4.72 Å². The summed E-state index contributed by atoms with van der Waals surface area (Å²) in [6, 6.07) is 5.83. The molecule has 1 heterocycles. The number of anilines is 1. The number of rotatable bonds is 3. The first-order chi connectivity index (χ1) is 10.1. The minimum atomic E-state index is -4.76. The molecule has 0 fully saturated rings. The van der Waals surface area contributed by atoms with Crippen LogP contribution in [0.2, 0.25) is 0 Å². The fraction of sp³-hybridized carbons (Fsp3) is 0.154. The van der Waals surface area contributed by atoms with Crippen molar-refractivity contribution in [1.82, 2.24) is 4.98 Å². The van der Waals surface area contributed by atoms with Crippen LogP contribution < -0.4 is 4.72 Å². The Morgan fingerprint density at radius 2 is 1.73 bits per heavy atom. The zero-order chi connectivity index (χ0) is 16.5. The van der Waals surface area contributed by atoms with Gasteiger partial charge in [0.1, 0.15) is 0 Å². The van der Waals surface area contributed by atoms with Gasteiger partial charge in [-0.2, -0.15) is 13.2 Å². The van der Waals surface area contributed by atoms with Gasteiger partial charge < -0.3 is 0 Å². The Bertz CT molecular complexity index is 787. The number of hydrogen-bond donors (Lipinski definition) is 1. The molecule has 0 radical (unpaired) electrons. The maximum atomic E-state index is 13.6. The summed E-state index contributed by atoms with van der Waals surface area (Å²) >= 11 is 0. The number of nitrogens with zero attached hydrogens (tertiary/aromatic N) is 1. The summed E-state index contributed by atoms with van der Waals surface area (Å²) in [5.74, 6) is -2.21. The van der Waals surface area contributed by atoms with Crippen molar-refractivity contribution in [2.24, 2.45) is 0 Å². The molecule has 2 rings (SSSR count). The minimum Gasteiger partial charge on any atom is -0.261 e. The van der Waals surface area contributed by atoms with E-state index < -0.39 is 33.4 Å². The molecule has 0 saturated carbocycles. The van der Waals surface area contributed by atoms with Crippen LogP contribution in [0.25, 0.3) is 0 Å². The molecular formula is C13H10F4N2O2S. The Morgan fingerprint density at radius 1 is 1.14 bits per heavy atom. The molecule has 22 heavy (non-hydrogen) atoms. The fourth-order valence-electron chi connectivity index (χ4n) is 1.57. The van der Waals surface area contributed by atoms with Crippen LogP contribution in [-0.2, 0) is 16.2 Å². The van der Waals surface area contributed by atoms with Gasteiger partial charge >= 0.3 is 6.18 Å². The summed E-state index contributed by atoms with van der Waals surface area (Å²) in [6.07, 6.45) is -4.40. The topological polar surface area (TPSA) is 59.1 Å². The van der Waals surface area contributed by atoms with E-state index in [0.717, 1.165) is 5.56 Å². The second-order valence-electron chi connectivity index (χ2n) is 4.47. The average Bonchev–Trinajstić information content (AvgIpc) is 2.40. The van der Waals surface area contributed by atoms with Gasteiger partial charge in [-0.05, 0) is 25.1 Å². The molecular weight excluding hydrogens is 324 g/mol. The van der Waals surface area contributed by atoms with Crippen molar-refractivity contribution in [2.45, 2.75) is 18.0 Å². The molecule has 1 aromatic heterocycles. The molecule has 1 N–H and O–H groups in total. The van der Waals surface area contributed by atoms with Gasteiger partial charge in [-0.15, -0.1) is 0 Å². The highest BCUT2D eigenvalue weighted by Crippen LogP contribution is 2.30. The van der Waals surface area contributed by atoms with Crippen LogP contribution in [0, 0.1) is 12.7 Å². The van der Waals surface area contributed by atoms with Gasteiger partial charge in [0.05, 0.1) is 10.5 Å². The third-order valence-electron chi connectivity index (χ3n) is 2.73. The van der Waals surface area contributed by atoms with E-state index in [9.17, 15) is 26.0 Å². The number of pyridine rings is 1. The molecule has 0 atom stereocenters. The molecule has 0 aliphatic carbocycles. The first kappa shape index (κ1) is 16.2. The van der Waals surface area contributed by atoms with E-state index >= 15 is 0 Å². The Labute approximate surface area is 123 Å². The van der Waals surface area contributed by atoms with E-state index in [0.29, 0.717) is 6.20 Å². The predicted octanol–water partition coefficient (Wildman–Crippen LogP) is 3.35. The molecule has 0 saturated heterocycles. The SMILES string of the molecule is Cc1ccc(S(=O)(=O)Nc2ncc(C(F)(F)F)cc2F)cc1. The number of aromatic nitrogens is 1. The summed E-state index contributed by atoms with van der Waals surface area (Å²) < 4.78 is 76.6. The summed E-state index contributed by atoms with van der Waals surface area (Å²) in [7, 11) is -4.13. The van der Waals surface area contributed by atoms with Crippen molar-refractivity contribution in [3.8, 4) is 0 Å². The van der Waals surface area contributed by atoms with Crippen molar-refractivity contribution in [3.63, 3.8) is 0 Å². The Kier molecular flexibility index (Phi) is 4.10. The number of aryl methyl sites for hydroxylation is 1. The van der Waals surface area contributed by atoms with E-state index in [-0.39, 0.29) is 11.0 Å². The first-order valence-corrected chi connectivity index (χ1v) is 7.40. The van der Waals surface area contributed by atoms with Gasteiger partial charge in [0, 0.05) is 6.20 Å². The van der Waals surface area contributed by atoms with Crippen LogP contribution in [0.15, 0.2) is 41.4 Å². The predicted molar refractivity (Wildman–Crippen MR) is 71.2 cm³/mol. The summed E-state index contributed by atoms with van der Waals surface area (Å²) in [6.45, 7) is 1.75. The van der Waals surface area contributed by atoms with Crippen LogP contribution in [0.4, 0.5) is 23.4 Å². The number of halogens is 4. The van der Waals surface area contributed by atoms with Crippen molar-refractivity contribution in [3.05, 3.63) is 53.5 Å². The highest BCUT2D eigenvalue weighted by molar-refractivity contribution is 7.92. The number of sulfonamides is 1. The molecule has 0 unspecified atom stereocenters. The lowest BCUT2D eigenvalue weighted by Crippen LogP contribution is -2.16. The maximum absolute atomic E-state index is 13.6. The Balaban J connectivity index is 2.32. The van der Waals surface area contributed by atoms with Crippen molar-refractivity contribution in [2.75, 3.05) is 4.72 Å². The molecule has 1 aromatic carbocycles. The normalized spacial score (nSPS) is 12.2. The quantitative estimate of drug-likeness (QED) is 0.876. The zero-order valence-corrected chi connectivity index (χ0v) is 12.0. The molecule has 2 aromatic rings. The number of nitrogens with one attached hydrogen (secondary N) is 1. The fourth-order valence-corrected chi connectivity index (χ4v) is 2.59. The van der Waals surface area contributed by atoms with Crippen LogP contribution in [0.1, 0.15) is 11.1 Å². The van der Waals surface area contributed by atoms with E-state index in [1.165, 1.54) is 24.3 Å². The van der Waals surface area contributed by atoms with Crippen LogP contribution in [0.5, 0.6) is 0 Å². The highest BCUT2D eigenvalue weighted by atomic mass is 32.2. The van der Waals surface area contributed by atoms with E-state index in [1.54, 1.807) is 6.92 Å². The van der Waals surface area contributed by atoms with Crippen molar-refractivity contribution >= 4 is 15.8 Å². The highest BCUT2D eigenvalue weighted by Gasteiger charge is 2.32. The molecule has 0 amide bonds. The van der Waals surface area contributed by atoms with E-state index in [4.69, 9.17) is 0 Å². The molecule has 118 valence electrons. The smallest absolute Gasteiger partial charge is 0.261 e. The van der Waals surface area contributed by atoms with Gasteiger partial charge in [-0.3, -0.25) is 4.72 Å². The van der Waals surface area contributed by atoms with Crippen LogP contribution in [-0.4, -0.2) is 13.4 Å². The molecule has 0 bridgehead atoms. The maximum Gasteiger partial charge on any atom is 0.417 e. The van der Waals surface area contributed by atoms with Crippen molar-refractivity contribution < 1.29 is 26.0 Å². The monoisotopic (exact) mass is 334 g/mol. The van der Waals surface area contributed by atoms with Crippen LogP contribution >= 0.6 is 0 Å².